The summed E-state index contributed by atoms with van der Waals surface area (Å²) in [7, 11) is 3.10. The maximum absolute atomic E-state index is 12.1. The number of carbonyl (C=O) groups excluding carboxylic acids is 1. The molecular formula is C15H17N2O3+. The van der Waals surface area contributed by atoms with Crippen LogP contribution in [-0.4, -0.2) is 20.1 Å². The van der Waals surface area contributed by atoms with E-state index in [9.17, 15) is 4.79 Å². The van der Waals surface area contributed by atoms with Gasteiger partial charge >= 0.3 is 0 Å². The maximum atomic E-state index is 12.1. The fourth-order valence-electron chi connectivity index (χ4n) is 1.80. The lowest BCUT2D eigenvalue weighted by Gasteiger charge is -2.09. The number of hydrogen-bond acceptors (Lipinski definition) is 3. The smallest absolute Gasteiger partial charge is 0.251 e. The van der Waals surface area contributed by atoms with Gasteiger partial charge in [0.2, 0.25) is 0 Å². The van der Waals surface area contributed by atoms with Gasteiger partial charge in [-0.3, -0.25) is 4.79 Å². The van der Waals surface area contributed by atoms with E-state index in [1.807, 2.05) is 24.5 Å². The lowest BCUT2D eigenvalue weighted by Crippen LogP contribution is -2.23. The normalized spacial score (nSPS) is 9.90. The van der Waals surface area contributed by atoms with Crippen molar-refractivity contribution in [2.45, 2.75) is 6.54 Å². The van der Waals surface area contributed by atoms with Crippen molar-refractivity contribution in [3.63, 3.8) is 0 Å². The Kier molecular flexibility index (Phi) is 4.55. The third-order valence-electron chi connectivity index (χ3n) is 2.87. The van der Waals surface area contributed by atoms with Crippen molar-refractivity contribution in [1.29, 1.82) is 0 Å². The van der Waals surface area contributed by atoms with Crippen LogP contribution in [0.5, 0.6) is 11.5 Å². The molecule has 1 aromatic carbocycles. The van der Waals surface area contributed by atoms with Crippen LogP contribution in [0.3, 0.4) is 0 Å². The van der Waals surface area contributed by atoms with E-state index in [-0.39, 0.29) is 5.91 Å². The molecule has 0 bridgehead atoms. The molecule has 2 aromatic rings. The van der Waals surface area contributed by atoms with Crippen molar-refractivity contribution in [3.8, 4) is 11.5 Å². The molecule has 0 saturated heterocycles. The predicted molar refractivity (Wildman–Crippen MR) is 73.7 cm³/mol. The summed E-state index contributed by atoms with van der Waals surface area (Å²) in [6.45, 7) is 0.463. The van der Waals surface area contributed by atoms with E-state index < -0.39 is 0 Å². The predicted octanol–water partition coefficient (Wildman–Crippen LogP) is 1.45. The fraction of sp³-hybridized carbons (Fsp3) is 0.200. The fourth-order valence-corrected chi connectivity index (χ4v) is 1.80. The Morgan fingerprint density at radius 2 is 2.00 bits per heavy atom. The van der Waals surface area contributed by atoms with Crippen molar-refractivity contribution in [2.75, 3.05) is 14.2 Å². The van der Waals surface area contributed by atoms with Crippen molar-refractivity contribution < 1.29 is 19.3 Å². The van der Waals surface area contributed by atoms with E-state index in [1.54, 1.807) is 32.4 Å². The lowest BCUT2D eigenvalue weighted by atomic mass is 10.2. The second-order valence-corrected chi connectivity index (χ2v) is 4.16. The first-order valence-electron chi connectivity index (χ1n) is 6.20. The highest BCUT2D eigenvalue weighted by Gasteiger charge is 2.10. The van der Waals surface area contributed by atoms with E-state index in [0.29, 0.717) is 23.6 Å². The molecule has 20 heavy (non-hydrogen) atoms. The highest BCUT2D eigenvalue weighted by molar-refractivity contribution is 5.94. The highest BCUT2D eigenvalue weighted by atomic mass is 16.5. The van der Waals surface area contributed by atoms with Gasteiger partial charge in [0.15, 0.2) is 23.9 Å². The van der Waals surface area contributed by atoms with Gasteiger partial charge in [-0.15, -0.1) is 0 Å². The number of hydrogen-bond donors (Lipinski definition) is 1. The zero-order valence-electron chi connectivity index (χ0n) is 11.5. The number of H-pyrrole nitrogens is 1. The third-order valence-corrected chi connectivity index (χ3v) is 2.87. The van der Waals surface area contributed by atoms with Crippen LogP contribution in [0, 0.1) is 0 Å². The zero-order valence-corrected chi connectivity index (χ0v) is 11.5. The molecule has 0 aliphatic carbocycles. The molecule has 0 atom stereocenters. The number of nitrogens with one attached hydrogen (secondary N) is 2. The van der Waals surface area contributed by atoms with Crippen LogP contribution < -0.4 is 19.8 Å². The Balaban J connectivity index is 2.06. The molecule has 0 aliphatic heterocycles. The molecule has 0 radical (unpaired) electrons. The molecule has 0 aliphatic rings. The van der Waals surface area contributed by atoms with Crippen LogP contribution in [0.2, 0.25) is 0 Å². The van der Waals surface area contributed by atoms with Crippen LogP contribution in [-0.2, 0) is 6.54 Å². The number of ether oxygens (including phenoxy) is 2. The van der Waals surface area contributed by atoms with Gasteiger partial charge in [0, 0.05) is 23.7 Å². The first kappa shape index (κ1) is 13.9. The minimum absolute atomic E-state index is 0.158. The molecule has 0 saturated carbocycles. The second kappa shape index (κ2) is 6.56. The van der Waals surface area contributed by atoms with Crippen molar-refractivity contribution >= 4 is 5.91 Å². The summed E-state index contributed by atoms with van der Waals surface area (Å²) >= 11 is 0. The summed E-state index contributed by atoms with van der Waals surface area (Å²) in [5.41, 5.74) is 1.53. The van der Waals surface area contributed by atoms with Crippen LogP contribution in [0.1, 0.15) is 15.9 Å². The zero-order chi connectivity index (χ0) is 14.4. The molecule has 1 amide bonds. The summed E-state index contributed by atoms with van der Waals surface area (Å²) in [5.74, 6) is 0.977. The first-order chi connectivity index (χ1) is 9.74. The Labute approximate surface area is 117 Å². The van der Waals surface area contributed by atoms with Gasteiger partial charge in [-0.05, 0) is 24.3 Å². The largest absolute Gasteiger partial charge is 0.493 e. The van der Waals surface area contributed by atoms with Gasteiger partial charge in [0.1, 0.15) is 0 Å². The monoisotopic (exact) mass is 273 g/mol. The lowest BCUT2D eigenvalue weighted by molar-refractivity contribution is -0.378. The molecule has 5 nitrogen and oxygen atoms in total. The number of carbonyl (C=O) groups is 1. The van der Waals surface area contributed by atoms with E-state index in [2.05, 4.69) is 10.3 Å². The van der Waals surface area contributed by atoms with Crippen LogP contribution in [0.4, 0.5) is 0 Å². The van der Waals surface area contributed by atoms with Crippen molar-refractivity contribution in [2.24, 2.45) is 0 Å². The van der Waals surface area contributed by atoms with Gasteiger partial charge in [0.25, 0.3) is 5.91 Å². The van der Waals surface area contributed by atoms with Gasteiger partial charge in [-0.25, -0.2) is 4.98 Å². The number of methoxy groups -OCH3 is 2. The number of rotatable bonds is 5. The second-order valence-electron chi connectivity index (χ2n) is 4.16. The SMILES string of the molecule is COc1ccc(C(=O)NCc2ccc[nH+]c2)cc1OC. The molecule has 2 rings (SSSR count). The van der Waals surface area contributed by atoms with E-state index in [0.717, 1.165) is 5.56 Å². The Morgan fingerprint density at radius 1 is 1.20 bits per heavy atom. The molecule has 0 fully saturated rings. The first-order valence-corrected chi connectivity index (χ1v) is 6.20. The van der Waals surface area contributed by atoms with Gasteiger partial charge in [-0.1, -0.05) is 0 Å². The molecule has 5 heteroatoms. The number of aromatic nitrogens is 1. The molecule has 0 unspecified atom stereocenters. The average molecular weight is 273 g/mol. The Morgan fingerprint density at radius 3 is 2.65 bits per heavy atom. The van der Waals surface area contributed by atoms with Crippen molar-refractivity contribution in [1.82, 2.24) is 5.32 Å². The molecule has 1 aromatic heterocycles. The highest BCUT2D eigenvalue weighted by Crippen LogP contribution is 2.27. The number of aromatic amines is 1. The van der Waals surface area contributed by atoms with E-state index in [1.165, 1.54) is 0 Å². The van der Waals surface area contributed by atoms with E-state index in [4.69, 9.17) is 9.47 Å². The van der Waals surface area contributed by atoms with Crippen LogP contribution >= 0.6 is 0 Å². The average Bonchev–Trinajstić information content (AvgIpc) is 2.52. The summed E-state index contributed by atoms with van der Waals surface area (Å²) in [6, 6.07) is 8.90. The number of pyridine rings is 1. The van der Waals surface area contributed by atoms with Crippen LogP contribution in [0.15, 0.2) is 42.7 Å². The molecular weight excluding hydrogens is 256 g/mol. The van der Waals surface area contributed by atoms with E-state index >= 15 is 0 Å². The van der Waals surface area contributed by atoms with Crippen molar-refractivity contribution in [3.05, 3.63) is 53.9 Å². The summed E-state index contributed by atoms with van der Waals surface area (Å²) in [4.78, 5) is 15.0. The number of benzene rings is 1. The van der Waals surface area contributed by atoms with Gasteiger partial charge in [-0.2, -0.15) is 0 Å². The standard InChI is InChI=1S/C15H16N2O3/c1-19-13-6-5-12(8-14(13)20-2)15(18)17-10-11-4-3-7-16-9-11/h3-9H,10H2,1-2H3,(H,17,18)/p+1. The quantitative estimate of drug-likeness (QED) is 0.897. The topological polar surface area (TPSA) is 61.7 Å². The summed E-state index contributed by atoms with van der Waals surface area (Å²) in [6.07, 6.45) is 3.66. The summed E-state index contributed by atoms with van der Waals surface area (Å²) in [5, 5.41) is 2.85. The maximum Gasteiger partial charge on any atom is 0.251 e. The minimum atomic E-state index is -0.158. The molecule has 104 valence electrons. The number of amides is 1. The molecule has 1 heterocycles. The van der Waals surface area contributed by atoms with Gasteiger partial charge < -0.3 is 14.8 Å². The minimum Gasteiger partial charge on any atom is -0.493 e. The Hall–Kier alpha value is -2.56. The van der Waals surface area contributed by atoms with Gasteiger partial charge in [0.05, 0.1) is 14.2 Å². The molecule has 0 spiro atoms. The van der Waals surface area contributed by atoms with Crippen LogP contribution in [0.25, 0.3) is 0 Å². The molecule has 2 N–H and O–H groups in total. The Bertz CT molecular complexity index is 585. The third kappa shape index (κ3) is 3.26. The summed E-state index contributed by atoms with van der Waals surface area (Å²) < 4.78 is 10.3.